The third-order valence-corrected chi connectivity index (χ3v) is 3.07. The van der Waals surface area contributed by atoms with Gasteiger partial charge >= 0.3 is 5.97 Å². The summed E-state index contributed by atoms with van der Waals surface area (Å²) in [7, 11) is 0. The van der Waals surface area contributed by atoms with E-state index in [0.717, 1.165) is 32.2 Å². The summed E-state index contributed by atoms with van der Waals surface area (Å²) >= 11 is 0. The second-order valence-corrected chi connectivity index (χ2v) is 4.17. The lowest BCUT2D eigenvalue weighted by molar-refractivity contribution is -0.150. The van der Waals surface area contributed by atoms with E-state index in [-0.39, 0.29) is 0 Å². The van der Waals surface area contributed by atoms with Crippen LogP contribution in [0, 0.1) is 5.41 Å². The summed E-state index contributed by atoms with van der Waals surface area (Å²) in [6.45, 7) is 4.88. The predicted octanol–water partition coefficient (Wildman–Crippen LogP) is 1.26. The normalized spacial score (nSPS) is 26.5. The molecule has 4 heteroatoms. The van der Waals surface area contributed by atoms with Crippen LogP contribution in [0.1, 0.15) is 32.6 Å². The van der Waals surface area contributed by atoms with E-state index in [0.29, 0.717) is 19.8 Å². The Labute approximate surface area is 91.0 Å². The highest BCUT2D eigenvalue weighted by Gasteiger charge is 2.38. The van der Waals surface area contributed by atoms with Crippen LogP contribution in [0.4, 0.5) is 0 Å². The van der Waals surface area contributed by atoms with Crippen molar-refractivity contribution < 1.29 is 14.6 Å². The Morgan fingerprint density at radius 1 is 1.60 bits per heavy atom. The number of hydrogen-bond acceptors (Lipinski definition) is 3. The summed E-state index contributed by atoms with van der Waals surface area (Å²) in [5.74, 6) is -0.661. The topological polar surface area (TPSA) is 58.6 Å². The van der Waals surface area contributed by atoms with Crippen molar-refractivity contribution in [3.05, 3.63) is 0 Å². The van der Waals surface area contributed by atoms with Gasteiger partial charge in [0.2, 0.25) is 0 Å². The van der Waals surface area contributed by atoms with Crippen LogP contribution in [0.2, 0.25) is 0 Å². The molecular weight excluding hydrogens is 194 g/mol. The molecule has 1 atom stereocenters. The lowest BCUT2D eigenvalue weighted by Gasteiger charge is -2.33. The molecule has 1 saturated heterocycles. The van der Waals surface area contributed by atoms with Crippen molar-refractivity contribution in [2.24, 2.45) is 5.41 Å². The van der Waals surface area contributed by atoms with Crippen molar-refractivity contribution in [1.82, 2.24) is 5.32 Å². The minimum absolute atomic E-state index is 0.546. The van der Waals surface area contributed by atoms with Crippen molar-refractivity contribution in [3.8, 4) is 0 Å². The Morgan fingerprint density at radius 3 is 2.93 bits per heavy atom. The first-order valence-electron chi connectivity index (χ1n) is 5.73. The first-order valence-corrected chi connectivity index (χ1v) is 5.73. The molecule has 1 fully saturated rings. The van der Waals surface area contributed by atoms with E-state index < -0.39 is 11.4 Å². The van der Waals surface area contributed by atoms with Gasteiger partial charge in [-0.15, -0.1) is 0 Å². The van der Waals surface area contributed by atoms with E-state index in [1.54, 1.807) is 0 Å². The van der Waals surface area contributed by atoms with Crippen molar-refractivity contribution in [1.29, 1.82) is 0 Å². The predicted molar refractivity (Wildman–Crippen MR) is 57.9 cm³/mol. The summed E-state index contributed by atoms with van der Waals surface area (Å²) in [6.07, 6.45) is 3.31. The number of piperidine rings is 1. The molecule has 1 rings (SSSR count). The van der Waals surface area contributed by atoms with E-state index >= 15 is 0 Å². The van der Waals surface area contributed by atoms with Crippen LogP contribution in [0.15, 0.2) is 0 Å². The zero-order valence-corrected chi connectivity index (χ0v) is 9.42. The molecule has 0 radical (unpaired) electrons. The Balaban J connectivity index is 2.39. The molecule has 0 aromatic rings. The number of carboxylic acids is 1. The number of carbonyl (C=O) groups is 1. The average Bonchev–Trinajstić information content (AvgIpc) is 2.26. The van der Waals surface area contributed by atoms with Crippen LogP contribution in [0.5, 0.6) is 0 Å². The van der Waals surface area contributed by atoms with Gasteiger partial charge in [0, 0.05) is 19.8 Å². The molecule has 1 aliphatic heterocycles. The van der Waals surface area contributed by atoms with Crippen molar-refractivity contribution in [2.45, 2.75) is 32.6 Å². The largest absolute Gasteiger partial charge is 0.481 e. The maximum atomic E-state index is 11.3. The fourth-order valence-corrected chi connectivity index (χ4v) is 2.13. The van der Waals surface area contributed by atoms with Gasteiger partial charge in [-0.05, 0) is 39.2 Å². The van der Waals surface area contributed by atoms with E-state index in [1.807, 2.05) is 6.92 Å². The summed E-state index contributed by atoms with van der Waals surface area (Å²) < 4.78 is 5.24. The highest BCUT2D eigenvalue weighted by molar-refractivity contribution is 5.75. The SMILES string of the molecule is CCOCCCC1(C(=O)O)CCCNC1. The molecule has 0 aliphatic carbocycles. The Kier molecular flexibility index (Phi) is 5.05. The second kappa shape index (κ2) is 6.08. The van der Waals surface area contributed by atoms with E-state index in [4.69, 9.17) is 4.74 Å². The molecule has 0 spiro atoms. The third kappa shape index (κ3) is 3.47. The standard InChI is InChI=1S/C11H21NO3/c1-2-15-8-4-6-11(10(13)14)5-3-7-12-9-11/h12H,2-9H2,1H3,(H,13,14). The van der Waals surface area contributed by atoms with Crippen molar-refractivity contribution in [3.63, 3.8) is 0 Å². The molecule has 2 N–H and O–H groups in total. The molecule has 0 saturated carbocycles. The van der Waals surface area contributed by atoms with Gasteiger partial charge in [0.25, 0.3) is 0 Å². The van der Waals surface area contributed by atoms with Crippen LogP contribution < -0.4 is 5.32 Å². The molecular formula is C11H21NO3. The Bertz CT molecular complexity index is 200. The summed E-state index contributed by atoms with van der Waals surface area (Å²) in [5, 5.41) is 12.4. The molecule has 0 aromatic carbocycles. The van der Waals surface area contributed by atoms with E-state index in [9.17, 15) is 9.90 Å². The lowest BCUT2D eigenvalue weighted by Crippen LogP contribution is -2.45. The number of carboxylic acid groups (broad SMARTS) is 1. The molecule has 0 bridgehead atoms. The van der Waals surface area contributed by atoms with Crippen LogP contribution >= 0.6 is 0 Å². The van der Waals surface area contributed by atoms with E-state index in [1.165, 1.54) is 0 Å². The van der Waals surface area contributed by atoms with Gasteiger partial charge in [-0.1, -0.05) is 0 Å². The Hall–Kier alpha value is -0.610. The number of ether oxygens (including phenoxy) is 1. The minimum Gasteiger partial charge on any atom is -0.481 e. The highest BCUT2D eigenvalue weighted by atomic mass is 16.5. The van der Waals surface area contributed by atoms with Gasteiger partial charge in [0.15, 0.2) is 0 Å². The van der Waals surface area contributed by atoms with Crippen LogP contribution in [0.25, 0.3) is 0 Å². The lowest BCUT2D eigenvalue weighted by atomic mass is 9.77. The van der Waals surface area contributed by atoms with Gasteiger partial charge in [-0.3, -0.25) is 4.79 Å². The zero-order valence-electron chi connectivity index (χ0n) is 9.42. The molecule has 0 amide bonds. The zero-order chi connectivity index (χ0) is 11.1. The van der Waals surface area contributed by atoms with Gasteiger partial charge in [-0.25, -0.2) is 0 Å². The summed E-state index contributed by atoms with van der Waals surface area (Å²) in [5.41, 5.74) is -0.546. The monoisotopic (exact) mass is 215 g/mol. The van der Waals surface area contributed by atoms with Crippen LogP contribution in [-0.4, -0.2) is 37.4 Å². The highest BCUT2D eigenvalue weighted by Crippen LogP contribution is 2.31. The van der Waals surface area contributed by atoms with E-state index in [2.05, 4.69) is 5.32 Å². The van der Waals surface area contributed by atoms with Gasteiger partial charge in [-0.2, -0.15) is 0 Å². The quantitative estimate of drug-likeness (QED) is 0.655. The number of hydrogen-bond donors (Lipinski definition) is 2. The molecule has 88 valence electrons. The maximum Gasteiger partial charge on any atom is 0.310 e. The fraction of sp³-hybridized carbons (Fsp3) is 0.909. The second-order valence-electron chi connectivity index (χ2n) is 4.17. The van der Waals surface area contributed by atoms with Crippen molar-refractivity contribution in [2.75, 3.05) is 26.3 Å². The fourth-order valence-electron chi connectivity index (χ4n) is 2.13. The number of nitrogens with one attached hydrogen (secondary N) is 1. The number of rotatable bonds is 6. The third-order valence-electron chi connectivity index (χ3n) is 3.07. The first-order chi connectivity index (χ1) is 7.21. The average molecular weight is 215 g/mol. The molecule has 1 unspecified atom stereocenters. The number of aliphatic carboxylic acids is 1. The maximum absolute atomic E-state index is 11.3. The summed E-state index contributed by atoms with van der Waals surface area (Å²) in [6, 6.07) is 0. The molecule has 4 nitrogen and oxygen atoms in total. The first kappa shape index (κ1) is 12.5. The van der Waals surface area contributed by atoms with Gasteiger partial charge < -0.3 is 15.2 Å². The molecule has 0 aromatic heterocycles. The molecule has 1 aliphatic rings. The Morgan fingerprint density at radius 2 is 2.40 bits per heavy atom. The summed E-state index contributed by atoms with van der Waals surface area (Å²) in [4.78, 5) is 11.3. The van der Waals surface area contributed by atoms with Crippen LogP contribution in [-0.2, 0) is 9.53 Å². The minimum atomic E-state index is -0.661. The van der Waals surface area contributed by atoms with Crippen LogP contribution in [0.3, 0.4) is 0 Å². The molecule has 1 heterocycles. The smallest absolute Gasteiger partial charge is 0.310 e. The van der Waals surface area contributed by atoms with Gasteiger partial charge in [0.1, 0.15) is 0 Å². The van der Waals surface area contributed by atoms with Crippen molar-refractivity contribution >= 4 is 5.97 Å². The van der Waals surface area contributed by atoms with Gasteiger partial charge in [0.05, 0.1) is 5.41 Å². The molecule has 15 heavy (non-hydrogen) atoms.